The van der Waals surface area contributed by atoms with Gasteiger partial charge in [-0.2, -0.15) is 0 Å². The number of carbonyl (C=O) groups is 1. The van der Waals surface area contributed by atoms with Crippen LogP contribution in [0.2, 0.25) is 0 Å². The normalized spacial score (nSPS) is 11.3. The van der Waals surface area contributed by atoms with Crippen LogP contribution >= 0.6 is 0 Å². The van der Waals surface area contributed by atoms with E-state index in [0.717, 1.165) is 22.3 Å². The summed E-state index contributed by atoms with van der Waals surface area (Å²) in [6.45, 7) is 4.13. The molecule has 6 rings (SSSR count). The lowest BCUT2D eigenvalue weighted by Crippen LogP contribution is -2.20. The van der Waals surface area contributed by atoms with Crippen LogP contribution < -0.4 is 14.9 Å². The molecule has 1 aromatic heterocycles. The molecular weight excluding hydrogens is 540 g/mol. The summed E-state index contributed by atoms with van der Waals surface area (Å²) in [5, 5.41) is 9.93. The van der Waals surface area contributed by atoms with Crippen LogP contribution in [0, 0.1) is 0 Å². The zero-order valence-electron chi connectivity index (χ0n) is 23.6. The largest absolute Gasteiger partial charge is 0.519 e. The van der Waals surface area contributed by atoms with E-state index in [1.807, 2.05) is 78.9 Å². The van der Waals surface area contributed by atoms with Crippen LogP contribution in [-0.2, 0) is 5.41 Å². The number of hydrogen-bond acceptors (Lipinski definition) is 6. The maximum Gasteiger partial charge on any atom is 0.519 e. The van der Waals surface area contributed by atoms with Gasteiger partial charge < -0.3 is 19.0 Å². The third kappa shape index (κ3) is 5.63. The number of fused-ring (bicyclic) bond motifs is 1. The summed E-state index contributed by atoms with van der Waals surface area (Å²) in [5.74, 6) is 0.344. The van der Waals surface area contributed by atoms with Gasteiger partial charge in [0.2, 0.25) is 11.2 Å². The molecule has 0 aliphatic heterocycles. The Hall–Kier alpha value is -5.62. The molecule has 0 unspecified atom stereocenters. The summed E-state index contributed by atoms with van der Waals surface area (Å²) >= 11 is 0. The van der Waals surface area contributed by atoms with Gasteiger partial charge >= 0.3 is 6.16 Å². The van der Waals surface area contributed by atoms with Crippen molar-refractivity contribution in [3.63, 3.8) is 0 Å². The molecule has 6 aromatic rings. The molecule has 0 amide bonds. The van der Waals surface area contributed by atoms with Gasteiger partial charge in [-0.25, -0.2) is 4.79 Å². The summed E-state index contributed by atoms with van der Waals surface area (Å²) in [4.78, 5) is 26.5. The molecule has 1 heterocycles. The molecule has 0 saturated heterocycles. The predicted molar refractivity (Wildman–Crippen MR) is 167 cm³/mol. The van der Waals surface area contributed by atoms with Crippen molar-refractivity contribution < 1.29 is 23.8 Å². The molecule has 212 valence electrons. The monoisotopic (exact) mass is 568 g/mol. The summed E-state index contributed by atoms with van der Waals surface area (Å²) in [5.41, 5.74) is 4.15. The second-order valence-electron chi connectivity index (χ2n) is 10.7. The Kier molecular flexibility index (Phi) is 7.26. The number of carbonyl (C=O) groups excluding carboxylic acids is 1. The van der Waals surface area contributed by atoms with E-state index < -0.39 is 11.6 Å². The van der Waals surface area contributed by atoms with E-state index in [0.29, 0.717) is 11.1 Å². The van der Waals surface area contributed by atoms with E-state index in [1.54, 1.807) is 48.5 Å². The molecule has 0 bridgehead atoms. The summed E-state index contributed by atoms with van der Waals surface area (Å²) < 4.78 is 17.1. The van der Waals surface area contributed by atoms with Crippen LogP contribution in [0.25, 0.3) is 33.4 Å². The fraction of sp³-hybridized carbons (Fsp3) is 0.0811. The standard InChI is InChI=1S/C37H28O6/c1-37(2,27-16-20-29(38)21-17-27)28-18-22-30(23-19-28)41-36(40)43-35-33(39)31-10-6-7-11-32(31)42-34(35)26-14-12-25(13-15-26)24-8-4-3-5-9-24/h3-23,38H,1-2H3. The van der Waals surface area contributed by atoms with Crippen LogP contribution in [0.3, 0.4) is 0 Å². The van der Waals surface area contributed by atoms with Gasteiger partial charge in [0.1, 0.15) is 17.1 Å². The predicted octanol–water partition coefficient (Wildman–Crippen LogP) is 8.74. The highest BCUT2D eigenvalue weighted by Gasteiger charge is 2.24. The van der Waals surface area contributed by atoms with Gasteiger partial charge in [0.05, 0.1) is 5.39 Å². The van der Waals surface area contributed by atoms with Gasteiger partial charge in [0.15, 0.2) is 5.76 Å². The first-order valence-corrected chi connectivity index (χ1v) is 13.8. The number of para-hydroxylation sites is 1. The number of phenolic OH excluding ortho intramolecular Hbond substituents is 1. The van der Waals surface area contributed by atoms with Gasteiger partial charge in [0, 0.05) is 11.0 Å². The van der Waals surface area contributed by atoms with Crippen molar-refractivity contribution in [3.05, 3.63) is 149 Å². The minimum atomic E-state index is -1.06. The van der Waals surface area contributed by atoms with E-state index in [2.05, 4.69) is 13.8 Å². The Morgan fingerprint density at radius 2 is 1.21 bits per heavy atom. The van der Waals surface area contributed by atoms with Gasteiger partial charge in [-0.15, -0.1) is 0 Å². The van der Waals surface area contributed by atoms with Crippen molar-refractivity contribution in [3.8, 4) is 39.7 Å². The molecule has 43 heavy (non-hydrogen) atoms. The maximum atomic E-state index is 13.5. The first-order chi connectivity index (χ1) is 20.8. The Balaban J connectivity index is 1.27. The van der Waals surface area contributed by atoms with E-state index in [4.69, 9.17) is 13.9 Å². The quantitative estimate of drug-likeness (QED) is 0.160. The zero-order chi connectivity index (χ0) is 30.0. The Bertz CT molecular complexity index is 1950. The smallest absolute Gasteiger partial charge is 0.508 e. The topological polar surface area (TPSA) is 86.0 Å². The highest BCUT2D eigenvalue weighted by Crippen LogP contribution is 2.35. The van der Waals surface area contributed by atoms with Crippen LogP contribution in [0.4, 0.5) is 4.79 Å². The minimum absolute atomic E-state index is 0.131. The van der Waals surface area contributed by atoms with E-state index >= 15 is 0 Å². The fourth-order valence-electron chi connectivity index (χ4n) is 5.04. The number of benzene rings is 5. The molecule has 6 heteroatoms. The third-order valence-electron chi connectivity index (χ3n) is 7.56. The lowest BCUT2D eigenvalue weighted by molar-refractivity contribution is 0.151. The Labute approximate surface area is 248 Å². The van der Waals surface area contributed by atoms with Crippen molar-refractivity contribution in [2.75, 3.05) is 0 Å². The molecule has 0 atom stereocenters. The van der Waals surface area contributed by atoms with Crippen molar-refractivity contribution >= 4 is 17.1 Å². The molecule has 0 aliphatic rings. The first kappa shape index (κ1) is 27.5. The number of phenols is 1. The molecule has 0 saturated carbocycles. The van der Waals surface area contributed by atoms with Crippen LogP contribution in [0.5, 0.6) is 17.2 Å². The van der Waals surface area contributed by atoms with Crippen molar-refractivity contribution in [1.29, 1.82) is 0 Å². The summed E-state index contributed by atoms with van der Waals surface area (Å²) in [7, 11) is 0. The van der Waals surface area contributed by atoms with E-state index in [-0.39, 0.29) is 33.8 Å². The summed E-state index contributed by atoms with van der Waals surface area (Å²) in [6, 6.07) is 38.3. The minimum Gasteiger partial charge on any atom is -0.508 e. The van der Waals surface area contributed by atoms with Gasteiger partial charge in [-0.3, -0.25) is 4.79 Å². The van der Waals surface area contributed by atoms with Crippen LogP contribution in [0.1, 0.15) is 25.0 Å². The summed E-state index contributed by atoms with van der Waals surface area (Å²) in [6.07, 6.45) is -1.06. The van der Waals surface area contributed by atoms with Crippen molar-refractivity contribution in [2.24, 2.45) is 0 Å². The number of hydrogen-bond donors (Lipinski definition) is 1. The lowest BCUT2D eigenvalue weighted by atomic mass is 9.78. The number of aromatic hydroxyl groups is 1. The third-order valence-corrected chi connectivity index (χ3v) is 7.56. The van der Waals surface area contributed by atoms with Gasteiger partial charge in [-0.05, 0) is 58.7 Å². The van der Waals surface area contributed by atoms with E-state index in [9.17, 15) is 14.7 Å². The molecule has 0 radical (unpaired) electrons. The average molecular weight is 569 g/mol. The SMILES string of the molecule is CC(C)(c1ccc(O)cc1)c1ccc(OC(=O)Oc2c(-c3ccc(-c4ccccc4)cc3)oc3ccccc3c2=O)cc1. The average Bonchev–Trinajstić information content (AvgIpc) is 3.03. The molecule has 6 nitrogen and oxygen atoms in total. The molecule has 5 aromatic carbocycles. The first-order valence-electron chi connectivity index (χ1n) is 13.8. The Morgan fingerprint density at radius 3 is 1.88 bits per heavy atom. The van der Waals surface area contributed by atoms with Crippen LogP contribution in [0.15, 0.2) is 137 Å². The Morgan fingerprint density at radius 1 is 0.651 bits per heavy atom. The molecular formula is C37H28O6. The molecule has 0 spiro atoms. The van der Waals surface area contributed by atoms with Gasteiger partial charge in [-0.1, -0.05) is 105 Å². The molecule has 0 aliphatic carbocycles. The molecule has 1 N–H and O–H groups in total. The number of rotatable bonds is 6. The second kappa shape index (κ2) is 11.3. The second-order valence-corrected chi connectivity index (χ2v) is 10.7. The van der Waals surface area contributed by atoms with Crippen molar-refractivity contribution in [1.82, 2.24) is 0 Å². The van der Waals surface area contributed by atoms with Crippen LogP contribution in [-0.4, -0.2) is 11.3 Å². The zero-order valence-corrected chi connectivity index (χ0v) is 23.6. The number of ether oxygens (including phenoxy) is 2. The van der Waals surface area contributed by atoms with Crippen molar-refractivity contribution in [2.45, 2.75) is 19.3 Å². The van der Waals surface area contributed by atoms with Gasteiger partial charge in [0.25, 0.3) is 0 Å². The fourth-order valence-corrected chi connectivity index (χ4v) is 5.04. The highest BCUT2D eigenvalue weighted by molar-refractivity contribution is 5.84. The molecule has 0 fully saturated rings. The van der Waals surface area contributed by atoms with E-state index in [1.165, 1.54) is 0 Å². The highest BCUT2D eigenvalue weighted by atomic mass is 16.7. The lowest BCUT2D eigenvalue weighted by Gasteiger charge is -2.26. The maximum absolute atomic E-state index is 13.5.